The van der Waals surface area contributed by atoms with E-state index in [0.29, 0.717) is 11.0 Å². The van der Waals surface area contributed by atoms with Crippen molar-refractivity contribution >= 4 is 21.6 Å². The molecule has 1 aromatic carbocycles. The van der Waals surface area contributed by atoms with Crippen molar-refractivity contribution in [3.63, 3.8) is 0 Å². The molecule has 1 aromatic heterocycles. The molecule has 18 heavy (non-hydrogen) atoms. The molecule has 6 heteroatoms. The molecule has 1 heterocycles. The SMILES string of the molecule is NCC(Nc1ccc(F)c(Br)c1)c1ccncn1. The van der Waals surface area contributed by atoms with Gasteiger partial charge in [0.25, 0.3) is 0 Å². The molecular weight excluding hydrogens is 299 g/mol. The Balaban J connectivity index is 2.18. The fraction of sp³-hybridized carbons (Fsp3) is 0.167. The first-order chi connectivity index (χ1) is 8.70. The van der Waals surface area contributed by atoms with Gasteiger partial charge in [0.05, 0.1) is 16.2 Å². The summed E-state index contributed by atoms with van der Waals surface area (Å²) in [5.74, 6) is -0.299. The van der Waals surface area contributed by atoms with Crippen molar-refractivity contribution in [2.45, 2.75) is 6.04 Å². The van der Waals surface area contributed by atoms with E-state index in [1.807, 2.05) is 0 Å². The lowest BCUT2D eigenvalue weighted by atomic mass is 10.2. The minimum atomic E-state index is -0.299. The lowest BCUT2D eigenvalue weighted by Gasteiger charge is -2.17. The first-order valence-corrected chi connectivity index (χ1v) is 6.17. The molecule has 3 N–H and O–H groups in total. The summed E-state index contributed by atoms with van der Waals surface area (Å²) in [7, 11) is 0. The third kappa shape index (κ3) is 3.02. The Morgan fingerprint density at radius 3 is 2.83 bits per heavy atom. The molecule has 1 unspecified atom stereocenters. The molecule has 4 nitrogen and oxygen atoms in total. The van der Waals surface area contributed by atoms with E-state index in [9.17, 15) is 4.39 Å². The van der Waals surface area contributed by atoms with Crippen LogP contribution in [0.15, 0.2) is 41.3 Å². The molecule has 0 fully saturated rings. The van der Waals surface area contributed by atoms with Gasteiger partial charge in [0, 0.05) is 18.4 Å². The second-order valence-corrected chi connectivity index (χ2v) is 4.55. The summed E-state index contributed by atoms with van der Waals surface area (Å²) in [5, 5.41) is 3.20. The number of nitrogens with zero attached hydrogens (tertiary/aromatic N) is 2. The first kappa shape index (κ1) is 12.9. The largest absolute Gasteiger partial charge is 0.375 e. The maximum absolute atomic E-state index is 13.1. The maximum atomic E-state index is 13.1. The van der Waals surface area contributed by atoms with Gasteiger partial charge in [-0.3, -0.25) is 0 Å². The van der Waals surface area contributed by atoms with E-state index in [1.54, 1.807) is 24.4 Å². The van der Waals surface area contributed by atoms with Crippen LogP contribution in [0.4, 0.5) is 10.1 Å². The average Bonchev–Trinajstić information content (AvgIpc) is 2.41. The van der Waals surface area contributed by atoms with Gasteiger partial charge in [-0.15, -0.1) is 0 Å². The normalized spacial score (nSPS) is 12.2. The molecule has 0 saturated heterocycles. The minimum Gasteiger partial charge on any atom is -0.375 e. The van der Waals surface area contributed by atoms with E-state index in [2.05, 4.69) is 31.2 Å². The second-order valence-electron chi connectivity index (χ2n) is 3.70. The van der Waals surface area contributed by atoms with Crippen molar-refractivity contribution in [3.8, 4) is 0 Å². The van der Waals surface area contributed by atoms with Crippen LogP contribution < -0.4 is 11.1 Å². The first-order valence-electron chi connectivity index (χ1n) is 5.38. The zero-order chi connectivity index (χ0) is 13.0. The predicted octanol–water partition coefficient (Wildman–Crippen LogP) is 2.49. The number of hydrogen-bond donors (Lipinski definition) is 2. The van der Waals surface area contributed by atoms with Crippen molar-refractivity contribution in [3.05, 3.63) is 52.8 Å². The topological polar surface area (TPSA) is 63.8 Å². The van der Waals surface area contributed by atoms with Crippen molar-refractivity contribution in [2.24, 2.45) is 5.73 Å². The standard InChI is InChI=1S/C12H12BrFN4/c13-9-5-8(1-2-10(9)14)18-12(6-15)11-3-4-16-7-17-11/h1-5,7,12,18H,6,15H2. The monoisotopic (exact) mass is 310 g/mol. The zero-order valence-electron chi connectivity index (χ0n) is 9.48. The highest BCUT2D eigenvalue weighted by atomic mass is 79.9. The van der Waals surface area contributed by atoms with Gasteiger partial charge < -0.3 is 11.1 Å². The molecule has 0 aliphatic heterocycles. The molecule has 0 amide bonds. The lowest BCUT2D eigenvalue weighted by molar-refractivity contribution is 0.621. The number of rotatable bonds is 4. The predicted molar refractivity (Wildman–Crippen MR) is 71.6 cm³/mol. The average molecular weight is 311 g/mol. The molecule has 1 atom stereocenters. The fourth-order valence-electron chi connectivity index (χ4n) is 1.55. The van der Waals surface area contributed by atoms with E-state index in [0.717, 1.165) is 11.4 Å². The van der Waals surface area contributed by atoms with Crippen LogP contribution in [0.3, 0.4) is 0 Å². The molecule has 0 spiro atoms. The second kappa shape index (κ2) is 5.88. The van der Waals surface area contributed by atoms with Gasteiger partial charge in [-0.2, -0.15) is 0 Å². The Kier molecular flexibility index (Phi) is 4.22. The Bertz CT molecular complexity index is 521. The van der Waals surface area contributed by atoms with Gasteiger partial charge in [-0.1, -0.05) is 0 Å². The van der Waals surface area contributed by atoms with Crippen molar-refractivity contribution in [1.82, 2.24) is 9.97 Å². The number of halogens is 2. The Morgan fingerprint density at radius 2 is 2.22 bits per heavy atom. The molecule has 0 saturated carbocycles. The number of benzene rings is 1. The summed E-state index contributed by atoms with van der Waals surface area (Å²) < 4.78 is 13.5. The number of aromatic nitrogens is 2. The molecule has 0 aliphatic carbocycles. The third-order valence-electron chi connectivity index (χ3n) is 2.46. The van der Waals surface area contributed by atoms with Gasteiger partial charge >= 0.3 is 0 Å². The van der Waals surface area contributed by atoms with Crippen LogP contribution in [0.2, 0.25) is 0 Å². The van der Waals surface area contributed by atoms with Crippen LogP contribution in [0.1, 0.15) is 11.7 Å². The van der Waals surface area contributed by atoms with Crippen LogP contribution in [0.25, 0.3) is 0 Å². The van der Waals surface area contributed by atoms with Gasteiger partial charge in [-0.25, -0.2) is 14.4 Å². The Labute approximate surface area is 113 Å². The highest BCUT2D eigenvalue weighted by Crippen LogP contribution is 2.23. The summed E-state index contributed by atoms with van der Waals surface area (Å²) in [6.45, 7) is 0.381. The highest BCUT2D eigenvalue weighted by Gasteiger charge is 2.11. The van der Waals surface area contributed by atoms with Crippen LogP contribution in [0, 0.1) is 5.82 Å². The molecule has 2 aromatic rings. The van der Waals surface area contributed by atoms with Crippen LogP contribution >= 0.6 is 15.9 Å². The van der Waals surface area contributed by atoms with E-state index in [4.69, 9.17) is 5.73 Å². The van der Waals surface area contributed by atoms with Crippen molar-refractivity contribution in [1.29, 1.82) is 0 Å². The minimum absolute atomic E-state index is 0.134. The smallest absolute Gasteiger partial charge is 0.137 e. The molecular formula is C12H12BrFN4. The number of anilines is 1. The molecule has 0 radical (unpaired) electrons. The molecule has 2 rings (SSSR count). The van der Waals surface area contributed by atoms with Gasteiger partial charge in [0.15, 0.2) is 0 Å². The highest BCUT2D eigenvalue weighted by molar-refractivity contribution is 9.10. The maximum Gasteiger partial charge on any atom is 0.137 e. The summed E-state index contributed by atoms with van der Waals surface area (Å²) >= 11 is 3.14. The van der Waals surface area contributed by atoms with E-state index < -0.39 is 0 Å². The number of nitrogens with two attached hydrogens (primary N) is 1. The van der Waals surface area contributed by atoms with Gasteiger partial charge in [-0.05, 0) is 40.2 Å². The van der Waals surface area contributed by atoms with Crippen molar-refractivity contribution in [2.75, 3.05) is 11.9 Å². The quantitative estimate of drug-likeness (QED) is 0.910. The van der Waals surface area contributed by atoms with Gasteiger partial charge in [0.1, 0.15) is 12.1 Å². The van der Waals surface area contributed by atoms with Crippen LogP contribution in [0.5, 0.6) is 0 Å². The van der Waals surface area contributed by atoms with Crippen LogP contribution in [-0.2, 0) is 0 Å². The molecule has 0 bridgehead atoms. The summed E-state index contributed by atoms with van der Waals surface area (Å²) in [6, 6.07) is 6.37. The Hall–Kier alpha value is -1.53. The number of nitrogens with one attached hydrogen (secondary N) is 1. The summed E-state index contributed by atoms with van der Waals surface area (Å²) in [5.41, 5.74) is 7.29. The zero-order valence-corrected chi connectivity index (χ0v) is 11.1. The lowest BCUT2D eigenvalue weighted by Crippen LogP contribution is -2.21. The summed E-state index contributed by atoms with van der Waals surface area (Å²) in [6.07, 6.45) is 3.13. The Morgan fingerprint density at radius 1 is 1.39 bits per heavy atom. The number of hydrogen-bond acceptors (Lipinski definition) is 4. The van der Waals surface area contributed by atoms with E-state index in [1.165, 1.54) is 12.4 Å². The summed E-state index contributed by atoms with van der Waals surface area (Å²) in [4.78, 5) is 8.00. The van der Waals surface area contributed by atoms with E-state index >= 15 is 0 Å². The van der Waals surface area contributed by atoms with Gasteiger partial charge in [0.2, 0.25) is 0 Å². The third-order valence-corrected chi connectivity index (χ3v) is 3.07. The van der Waals surface area contributed by atoms with Crippen LogP contribution in [-0.4, -0.2) is 16.5 Å². The molecule has 0 aliphatic rings. The fourth-order valence-corrected chi connectivity index (χ4v) is 1.93. The molecule has 94 valence electrons. The van der Waals surface area contributed by atoms with Crippen molar-refractivity contribution < 1.29 is 4.39 Å². The van der Waals surface area contributed by atoms with E-state index in [-0.39, 0.29) is 11.9 Å².